The quantitative estimate of drug-likeness (QED) is 0.501. The third-order valence-corrected chi connectivity index (χ3v) is 5.17. The number of carbonyl (C=O) groups excluding carboxylic acids is 1. The van der Waals surface area contributed by atoms with Gasteiger partial charge in [-0.15, -0.1) is 0 Å². The lowest BCUT2D eigenvalue weighted by molar-refractivity contribution is -0.114. The van der Waals surface area contributed by atoms with Gasteiger partial charge in [0, 0.05) is 24.9 Å². The first-order chi connectivity index (χ1) is 13.9. The number of amides is 1. The summed E-state index contributed by atoms with van der Waals surface area (Å²) < 4.78 is 36.0. The van der Waals surface area contributed by atoms with E-state index in [1.807, 2.05) is 6.07 Å². The number of hydrogen-bond acceptors (Lipinski definition) is 7. The third-order valence-electron chi connectivity index (χ3n) is 3.91. The van der Waals surface area contributed by atoms with E-state index in [1.165, 1.54) is 43.3 Å². The van der Waals surface area contributed by atoms with E-state index in [4.69, 9.17) is 8.60 Å². The summed E-state index contributed by atoms with van der Waals surface area (Å²) in [6.45, 7) is 1.37. The second-order valence-corrected chi connectivity index (χ2v) is 7.65. The maximum Gasteiger partial charge on any atom is 0.339 e. The Morgan fingerprint density at radius 3 is 2.55 bits per heavy atom. The van der Waals surface area contributed by atoms with E-state index in [9.17, 15) is 13.2 Å². The number of carbonyl (C=O) groups is 1. The lowest BCUT2D eigenvalue weighted by atomic mass is 10.3. The van der Waals surface area contributed by atoms with Crippen molar-refractivity contribution in [1.82, 2.24) is 9.97 Å². The first-order valence-corrected chi connectivity index (χ1v) is 9.96. The Morgan fingerprint density at radius 2 is 1.86 bits per heavy atom. The number of oxazole rings is 1. The minimum atomic E-state index is -4.06. The standard InChI is InChI=1S/C20H15N3O5S/c1-13(24)22-14-5-8-16(9-6-14)29(25,26)28-15-7-10-17-19(12-15)27-20(23-17)18-4-2-3-11-21-18/h2-12H,1H3,(H,22,24). The summed E-state index contributed by atoms with van der Waals surface area (Å²) in [4.78, 5) is 19.5. The Labute approximate surface area is 166 Å². The lowest BCUT2D eigenvalue weighted by Crippen LogP contribution is -2.10. The fourth-order valence-electron chi connectivity index (χ4n) is 2.64. The number of aromatic nitrogens is 2. The second-order valence-electron chi connectivity index (χ2n) is 6.11. The molecule has 0 bridgehead atoms. The van der Waals surface area contributed by atoms with Gasteiger partial charge in [-0.25, -0.2) is 4.98 Å². The van der Waals surface area contributed by atoms with Crippen LogP contribution in [0, 0.1) is 0 Å². The number of benzene rings is 2. The van der Waals surface area contributed by atoms with Crippen molar-refractivity contribution in [3.05, 3.63) is 66.9 Å². The molecule has 2 aromatic carbocycles. The van der Waals surface area contributed by atoms with Crippen LogP contribution in [-0.2, 0) is 14.9 Å². The zero-order valence-electron chi connectivity index (χ0n) is 15.2. The van der Waals surface area contributed by atoms with Gasteiger partial charge in [-0.05, 0) is 48.5 Å². The van der Waals surface area contributed by atoms with E-state index in [1.54, 1.807) is 24.4 Å². The van der Waals surface area contributed by atoms with Gasteiger partial charge in [-0.3, -0.25) is 9.78 Å². The summed E-state index contributed by atoms with van der Waals surface area (Å²) in [5.74, 6) is 0.170. The lowest BCUT2D eigenvalue weighted by Gasteiger charge is -2.08. The van der Waals surface area contributed by atoms with Gasteiger partial charge in [0.05, 0.1) is 0 Å². The number of hydrogen-bond donors (Lipinski definition) is 1. The first-order valence-electron chi connectivity index (χ1n) is 8.55. The summed E-state index contributed by atoms with van der Waals surface area (Å²) in [7, 11) is -4.06. The van der Waals surface area contributed by atoms with Gasteiger partial charge in [0.2, 0.25) is 11.8 Å². The molecule has 0 aliphatic rings. The van der Waals surface area contributed by atoms with E-state index in [2.05, 4.69) is 15.3 Å². The number of pyridine rings is 1. The minimum absolute atomic E-state index is 0.0431. The molecule has 0 fully saturated rings. The number of nitrogens with zero attached hydrogens (tertiary/aromatic N) is 2. The van der Waals surface area contributed by atoms with Crippen LogP contribution in [0.4, 0.5) is 5.69 Å². The molecule has 1 amide bonds. The maximum atomic E-state index is 12.5. The molecule has 1 N–H and O–H groups in total. The van der Waals surface area contributed by atoms with Crippen molar-refractivity contribution in [1.29, 1.82) is 0 Å². The monoisotopic (exact) mass is 409 g/mol. The molecule has 4 aromatic rings. The van der Waals surface area contributed by atoms with Crippen molar-refractivity contribution >= 4 is 32.8 Å². The SMILES string of the molecule is CC(=O)Nc1ccc(S(=O)(=O)Oc2ccc3nc(-c4ccccn4)oc3c2)cc1. The number of anilines is 1. The Hall–Kier alpha value is -3.72. The van der Waals surface area contributed by atoms with Crippen LogP contribution in [0.2, 0.25) is 0 Å². The molecule has 9 heteroatoms. The topological polar surface area (TPSA) is 111 Å². The summed E-state index contributed by atoms with van der Waals surface area (Å²) in [5, 5.41) is 2.57. The molecule has 0 saturated carbocycles. The molecule has 0 spiro atoms. The summed E-state index contributed by atoms with van der Waals surface area (Å²) in [5.41, 5.74) is 1.98. The average molecular weight is 409 g/mol. The van der Waals surface area contributed by atoms with Crippen LogP contribution in [0.25, 0.3) is 22.7 Å². The van der Waals surface area contributed by atoms with Crippen LogP contribution in [0.5, 0.6) is 5.75 Å². The fraction of sp³-hybridized carbons (Fsp3) is 0.0500. The van der Waals surface area contributed by atoms with Gasteiger partial charge in [-0.1, -0.05) is 6.07 Å². The van der Waals surface area contributed by atoms with Crippen LogP contribution in [-0.4, -0.2) is 24.3 Å². The molecular formula is C20H15N3O5S. The van der Waals surface area contributed by atoms with E-state index in [0.717, 1.165) is 0 Å². The summed E-state index contributed by atoms with van der Waals surface area (Å²) in [6, 6.07) is 15.6. The van der Waals surface area contributed by atoms with Crippen molar-refractivity contribution < 1.29 is 21.8 Å². The first kappa shape index (κ1) is 18.6. The van der Waals surface area contributed by atoms with E-state index < -0.39 is 10.1 Å². The molecular weight excluding hydrogens is 394 g/mol. The smallest absolute Gasteiger partial charge is 0.339 e. The number of rotatable bonds is 5. The Morgan fingerprint density at radius 1 is 1.07 bits per heavy atom. The van der Waals surface area contributed by atoms with Crippen LogP contribution in [0.3, 0.4) is 0 Å². The van der Waals surface area contributed by atoms with Gasteiger partial charge in [0.15, 0.2) is 5.58 Å². The van der Waals surface area contributed by atoms with Crippen molar-refractivity contribution in [2.75, 3.05) is 5.32 Å². The summed E-state index contributed by atoms with van der Waals surface area (Å²) in [6.07, 6.45) is 1.63. The van der Waals surface area contributed by atoms with Gasteiger partial charge < -0.3 is 13.9 Å². The molecule has 2 aromatic heterocycles. The highest BCUT2D eigenvalue weighted by atomic mass is 32.2. The van der Waals surface area contributed by atoms with E-state index in [0.29, 0.717) is 28.4 Å². The zero-order chi connectivity index (χ0) is 20.4. The average Bonchev–Trinajstić information content (AvgIpc) is 3.12. The van der Waals surface area contributed by atoms with Crippen molar-refractivity contribution in [3.8, 4) is 17.3 Å². The highest BCUT2D eigenvalue weighted by Gasteiger charge is 2.18. The number of fused-ring (bicyclic) bond motifs is 1. The van der Waals surface area contributed by atoms with Crippen LogP contribution >= 0.6 is 0 Å². The molecule has 0 aliphatic carbocycles. The highest BCUT2D eigenvalue weighted by molar-refractivity contribution is 7.87. The van der Waals surface area contributed by atoms with Gasteiger partial charge in [-0.2, -0.15) is 8.42 Å². The molecule has 4 rings (SSSR count). The predicted molar refractivity (Wildman–Crippen MR) is 106 cm³/mol. The van der Waals surface area contributed by atoms with Crippen LogP contribution in [0.1, 0.15) is 6.92 Å². The van der Waals surface area contributed by atoms with E-state index >= 15 is 0 Å². The van der Waals surface area contributed by atoms with Crippen LogP contribution in [0.15, 0.2) is 76.2 Å². The molecule has 0 unspecified atom stereocenters. The Balaban J connectivity index is 1.59. The molecule has 0 radical (unpaired) electrons. The predicted octanol–water partition coefficient (Wildman–Crippen LogP) is 3.62. The van der Waals surface area contributed by atoms with Gasteiger partial charge in [0.25, 0.3) is 0 Å². The second kappa shape index (κ2) is 7.36. The number of nitrogens with one attached hydrogen (secondary N) is 1. The maximum absolute atomic E-state index is 12.5. The van der Waals surface area contributed by atoms with Crippen LogP contribution < -0.4 is 9.50 Å². The fourth-order valence-corrected chi connectivity index (χ4v) is 3.56. The Kier molecular flexibility index (Phi) is 4.73. The largest absolute Gasteiger partial charge is 0.435 e. The molecule has 146 valence electrons. The molecule has 0 saturated heterocycles. The Bertz CT molecular complexity index is 1280. The van der Waals surface area contributed by atoms with E-state index in [-0.39, 0.29) is 16.6 Å². The highest BCUT2D eigenvalue weighted by Crippen LogP contribution is 2.28. The minimum Gasteiger partial charge on any atom is -0.435 e. The zero-order valence-corrected chi connectivity index (χ0v) is 16.0. The van der Waals surface area contributed by atoms with Crippen molar-refractivity contribution in [3.63, 3.8) is 0 Å². The third kappa shape index (κ3) is 4.09. The molecule has 2 heterocycles. The van der Waals surface area contributed by atoms with Gasteiger partial charge >= 0.3 is 10.1 Å². The molecule has 8 nitrogen and oxygen atoms in total. The van der Waals surface area contributed by atoms with Crippen molar-refractivity contribution in [2.45, 2.75) is 11.8 Å². The van der Waals surface area contributed by atoms with Gasteiger partial charge in [0.1, 0.15) is 21.9 Å². The molecule has 0 aliphatic heterocycles. The molecule has 0 atom stereocenters. The van der Waals surface area contributed by atoms with Crippen molar-refractivity contribution in [2.24, 2.45) is 0 Å². The summed E-state index contributed by atoms with van der Waals surface area (Å²) >= 11 is 0. The molecule has 29 heavy (non-hydrogen) atoms. The normalized spacial score (nSPS) is 11.3.